The Bertz CT molecular complexity index is 956. The maximum atomic E-state index is 11.9. The summed E-state index contributed by atoms with van der Waals surface area (Å²) in [6, 6.07) is 9.54. The first-order valence-corrected chi connectivity index (χ1v) is 9.24. The summed E-state index contributed by atoms with van der Waals surface area (Å²) in [4.78, 5) is 29.4. The van der Waals surface area contributed by atoms with E-state index in [4.69, 9.17) is 20.5 Å². The van der Waals surface area contributed by atoms with Crippen LogP contribution >= 0.6 is 0 Å². The fourth-order valence-electron chi connectivity index (χ4n) is 2.79. The van der Waals surface area contributed by atoms with Crippen molar-refractivity contribution >= 4 is 23.3 Å². The molecule has 0 heterocycles. The first kappa shape index (κ1) is 22.3. The second-order valence-corrected chi connectivity index (χ2v) is 6.01. The van der Waals surface area contributed by atoms with Gasteiger partial charge in [0.2, 0.25) is 0 Å². The van der Waals surface area contributed by atoms with Gasteiger partial charge in [-0.15, -0.1) is 0 Å². The van der Waals surface area contributed by atoms with E-state index in [1.165, 1.54) is 12.1 Å². The van der Waals surface area contributed by atoms with Crippen LogP contribution in [-0.2, 0) is 22.3 Å². The minimum atomic E-state index is -0.501. The van der Waals surface area contributed by atoms with Crippen LogP contribution in [0.25, 0.3) is 20.9 Å². The van der Waals surface area contributed by atoms with Gasteiger partial charge in [-0.2, -0.15) is 0 Å². The zero-order valence-electron chi connectivity index (χ0n) is 16.6. The van der Waals surface area contributed by atoms with Crippen molar-refractivity contribution in [1.82, 2.24) is 0 Å². The lowest BCUT2D eigenvalue weighted by atomic mass is 9.99. The van der Waals surface area contributed by atoms with Crippen LogP contribution in [0.3, 0.4) is 0 Å². The molecule has 0 amide bonds. The van der Waals surface area contributed by atoms with Gasteiger partial charge in [-0.1, -0.05) is 22.4 Å². The summed E-state index contributed by atoms with van der Waals surface area (Å²) in [6.45, 7) is 3.88. The van der Waals surface area contributed by atoms with Gasteiger partial charge in [0.05, 0.1) is 24.3 Å². The molecule has 30 heavy (non-hydrogen) atoms. The number of carbonyl (C=O) groups excluding carboxylic acids is 2. The highest BCUT2D eigenvalue weighted by Crippen LogP contribution is 2.27. The molecule has 10 nitrogen and oxygen atoms in total. The highest BCUT2D eigenvalue weighted by atomic mass is 16.5. The van der Waals surface area contributed by atoms with Gasteiger partial charge in [-0.05, 0) is 73.1 Å². The van der Waals surface area contributed by atoms with Gasteiger partial charge in [0.15, 0.2) is 0 Å². The topological polar surface area (TPSA) is 150 Å². The summed E-state index contributed by atoms with van der Waals surface area (Å²) in [5.41, 5.74) is 20.3. The molecule has 0 aliphatic carbocycles. The molecule has 0 spiro atoms. The fraction of sp³-hybridized carbons (Fsp3) is 0.300. The van der Waals surface area contributed by atoms with Crippen LogP contribution in [0.15, 0.2) is 46.6 Å². The van der Waals surface area contributed by atoms with Crippen LogP contribution in [0, 0.1) is 0 Å². The number of ether oxygens (including phenoxy) is 2. The summed E-state index contributed by atoms with van der Waals surface area (Å²) in [5, 5.41) is 7.34. The van der Waals surface area contributed by atoms with E-state index in [-0.39, 0.29) is 24.3 Å². The van der Waals surface area contributed by atoms with E-state index in [1.54, 1.807) is 38.1 Å². The van der Waals surface area contributed by atoms with Gasteiger partial charge in [-0.3, -0.25) is 0 Å². The Labute approximate surface area is 172 Å². The van der Waals surface area contributed by atoms with Gasteiger partial charge in [0, 0.05) is 21.2 Å². The second-order valence-electron chi connectivity index (χ2n) is 6.01. The number of hydrogen-bond donors (Lipinski definition) is 0. The molecule has 2 aromatic rings. The Kier molecular flexibility index (Phi) is 8.26. The minimum absolute atomic E-state index is 0.238. The number of carbonyl (C=O) groups is 2. The predicted octanol–water partition coefficient (Wildman–Crippen LogP) is 5.71. The quantitative estimate of drug-likeness (QED) is 0.226. The van der Waals surface area contributed by atoms with Gasteiger partial charge in [-0.25, -0.2) is 9.59 Å². The van der Waals surface area contributed by atoms with Crippen molar-refractivity contribution in [3.05, 3.63) is 79.5 Å². The van der Waals surface area contributed by atoms with E-state index in [1.807, 2.05) is 0 Å². The third kappa shape index (κ3) is 5.75. The summed E-state index contributed by atoms with van der Waals surface area (Å²) in [7, 11) is 0. The zero-order valence-corrected chi connectivity index (χ0v) is 16.6. The number of aryl methyl sites for hydroxylation is 2. The summed E-state index contributed by atoms with van der Waals surface area (Å²) in [6.07, 6.45) is 0.897. The molecule has 0 saturated heterocycles. The third-order valence-electron chi connectivity index (χ3n) is 4.16. The van der Waals surface area contributed by atoms with Crippen LogP contribution in [0.2, 0.25) is 0 Å². The lowest BCUT2D eigenvalue weighted by molar-refractivity contribution is 0.0517. The molecule has 0 aliphatic heterocycles. The minimum Gasteiger partial charge on any atom is -0.462 e. The largest absolute Gasteiger partial charge is 0.462 e. The number of esters is 2. The predicted molar refractivity (Wildman–Crippen MR) is 110 cm³/mol. The molecule has 0 bridgehead atoms. The average Bonchev–Trinajstić information content (AvgIpc) is 2.74. The Balaban J connectivity index is 2.29. The molecule has 0 saturated carbocycles. The summed E-state index contributed by atoms with van der Waals surface area (Å²) in [5.74, 6) is -1.00. The Hall–Kier alpha value is -4.00. The monoisotopic (exact) mass is 408 g/mol. The maximum Gasteiger partial charge on any atom is 0.338 e. The molecule has 2 rings (SSSR count). The number of hydrogen-bond acceptors (Lipinski definition) is 6. The molecule has 0 radical (unpaired) electrons. The number of nitrogens with zero attached hydrogens (tertiary/aromatic N) is 6. The second kappa shape index (κ2) is 11.1. The Morgan fingerprint density at radius 2 is 1.20 bits per heavy atom. The Morgan fingerprint density at radius 3 is 1.53 bits per heavy atom. The molecule has 0 aromatic heterocycles. The number of benzene rings is 2. The molecule has 0 N–H and O–H groups in total. The highest BCUT2D eigenvalue weighted by molar-refractivity contribution is 5.91. The highest BCUT2D eigenvalue weighted by Gasteiger charge is 2.13. The van der Waals surface area contributed by atoms with Crippen LogP contribution < -0.4 is 0 Å². The standard InChI is InChI=1S/C20H20N6O4/c1-3-29-19(27)15-9-7-13(17(11-15)23-25-21)5-6-14-8-10-16(20(28)30-4-2)12-18(14)24-26-22/h7-12H,3-6H2,1-2H3. The lowest BCUT2D eigenvalue weighted by Crippen LogP contribution is -2.05. The fourth-order valence-corrected chi connectivity index (χ4v) is 2.79. The molecular formula is C20H20N6O4. The maximum absolute atomic E-state index is 11.9. The van der Waals surface area contributed by atoms with Gasteiger partial charge < -0.3 is 9.47 Å². The molecule has 10 heteroatoms. The molecule has 0 unspecified atom stereocenters. The first-order chi connectivity index (χ1) is 14.5. The van der Waals surface area contributed by atoms with E-state index in [0.29, 0.717) is 35.3 Å². The molecule has 154 valence electrons. The van der Waals surface area contributed by atoms with E-state index in [2.05, 4.69) is 20.1 Å². The average molecular weight is 408 g/mol. The van der Waals surface area contributed by atoms with Gasteiger partial charge in [0.1, 0.15) is 0 Å². The van der Waals surface area contributed by atoms with Gasteiger partial charge in [0.25, 0.3) is 0 Å². The molecule has 0 fully saturated rings. The molecule has 2 aromatic carbocycles. The van der Waals surface area contributed by atoms with Crippen molar-refractivity contribution < 1.29 is 19.1 Å². The van der Waals surface area contributed by atoms with Gasteiger partial charge >= 0.3 is 11.9 Å². The van der Waals surface area contributed by atoms with Crippen LogP contribution in [-0.4, -0.2) is 25.2 Å². The van der Waals surface area contributed by atoms with Crippen LogP contribution in [0.4, 0.5) is 11.4 Å². The summed E-state index contributed by atoms with van der Waals surface area (Å²) >= 11 is 0. The number of azide groups is 2. The van der Waals surface area contributed by atoms with Crippen molar-refractivity contribution in [2.24, 2.45) is 10.2 Å². The van der Waals surface area contributed by atoms with Crippen molar-refractivity contribution in [2.45, 2.75) is 26.7 Å². The van der Waals surface area contributed by atoms with E-state index < -0.39 is 11.9 Å². The zero-order chi connectivity index (χ0) is 21.9. The first-order valence-electron chi connectivity index (χ1n) is 9.24. The van der Waals surface area contributed by atoms with E-state index in [0.717, 1.165) is 0 Å². The van der Waals surface area contributed by atoms with Crippen molar-refractivity contribution in [3.63, 3.8) is 0 Å². The number of rotatable bonds is 9. The molecule has 0 atom stereocenters. The lowest BCUT2D eigenvalue weighted by Gasteiger charge is -2.11. The normalized spacial score (nSPS) is 9.80. The van der Waals surface area contributed by atoms with Crippen molar-refractivity contribution in [2.75, 3.05) is 13.2 Å². The summed E-state index contributed by atoms with van der Waals surface area (Å²) < 4.78 is 9.93. The molecule has 0 aliphatic rings. The van der Waals surface area contributed by atoms with Crippen LogP contribution in [0.1, 0.15) is 45.7 Å². The van der Waals surface area contributed by atoms with E-state index in [9.17, 15) is 9.59 Å². The van der Waals surface area contributed by atoms with Crippen molar-refractivity contribution in [3.8, 4) is 0 Å². The smallest absolute Gasteiger partial charge is 0.338 e. The van der Waals surface area contributed by atoms with Crippen molar-refractivity contribution in [1.29, 1.82) is 0 Å². The van der Waals surface area contributed by atoms with Crippen LogP contribution in [0.5, 0.6) is 0 Å². The van der Waals surface area contributed by atoms with E-state index >= 15 is 0 Å². The third-order valence-corrected chi connectivity index (χ3v) is 4.16. The Morgan fingerprint density at radius 1 is 0.800 bits per heavy atom. The molecular weight excluding hydrogens is 388 g/mol. The SMILES string of the molecule is CCOC(=O)c1ccc(CCc2ccc(C(=O)OCC)cc2N=[N+]=[N-])c(N=[N+]=[N-])c1.